The van der Waals surface area contributed by atoms with Gasteiger partial charge in [0.15, 0.2) is 0 Å². The van der Waals surface area contributed by atoms with Crippen LogP contribution in [0.25, 0.3) is 0 Å². The number of imide groups is 2. The van der Waals surface area contributed by atoms with Crippen LogP contribution in [-0.2, 0) is 33.5 Å². The minimum absolute atomic E-state index is 0. The van der Waals surface area contributed by atoms with E-state index in [1.54, 1.807) is 0 Å². The van der Waals surface area contributed by atoms with E-state index in [0.717, 1.165) is 9.80 Å². The molecule has 3 heterocycles. The lowest BCUT2D eigenvalue weighted by Gasteiger charge is -2.18. The molecule has 0 bridgehead atoms. The SMILES string of the molecule is C.NCNCN.O=C1CCC(=O)N1CNCN1C(=O)CCC1=O.O=C1CCC(=O)O1. The normalized spacial score (nSPS) is 17.9. The fraction of sp³-hybridized carbons (Fsp3) is 0.647. The quantitative estimate of drug-likeness (QED) is 0.153. The molecule has 0 radical (unpaired) electrons. The lowest BCUT2D eigenvalue weighted by molar-refractivity contribution is -0.152. The van der Waals surface area contributed by atoms with Crippen LogP contribution in [0.3, 0.4) is 0 Å². The number of carbonyl (C=O) groups is 6. The number of nitrogens with two attached hydrogens (primary N) is 2. The van der Waals surface area contributed by atoms with E-state index in [1.165, 1.54) is 0 Å². The predicted molar refractivity (Wildman–Crippen MR) is 103 cm³/mol. The maximum Gasteiger partial charge on any atom is 0.314 e. The number of rotatable bonds is 6. The summed E-state index contributed by atoms with van der Waals surface area (Å²) in [5.74, 6) is -1.68. The Bertz CT molecular complexity index is 571. The zero-order valence-electron chi connectivity index (χ0n) is 16.0. The Kier molecular flexibility index (Phi) is 13.0. The molecule has 3 fully saturated rings. The molecule has 170 valence electrons. The molecule has 3 aliphatic heterocycles. The summed E-state index contributed by atoms with van der Waals surface area (Å²) in [5, 5.41) is 5.43. The van der Waals surface area contributed by atoms with Crippen molar-refractivity contribution in [3.05, 3.63) is 0 Å². The van der Waals surface area contributed by atoms with Crippen molar-refractivity contribution in [3.8, 4) is 0 Å². The van der Waals surface area contributed by atoms with Gasteiger partial charge < -0.3 is 16.2 Å². The fourth-order valence-corrected chi connectivity index (χ4v) is 2.39. The first-order valence-corrected chi connectivity index (χ1v) is 9.01. The number of nitrogens with one attached hydrogen (secondary N) is 2. The first-order chi connectivity index (χ1) is 13.8. The van der Waals surface area contributed by atoms with Gasteiger partial charge in [0, 0.05) is 39.0 Å². The molecule has 0 aromatic carbocycles. The molecule has 0 unspecified atom stereocenters. The first-order valence-electron chi connectivity index (χ1n) is 9.01. The molecule has 0 aliphatic carbocycles. The number of hydrogen-bond donors (Lipinski definition) is 4. The van der Waals surface area contributed by atoms with Crippen LogP contribution in [0.2, 0.25) is 0 Å². The zero-order chi connectivity index (χ0) is 21.8. The highest BCUT2D eigenvalue weighted by Gasteiger charge is 2.31. The van der Waals surface area contributed by atoms with Gasteiger partial charge in [-0.1, -0.05) is 7.43 Å². The van der Waals surface area contributed by atoms with Crippen molar-refractivity contribution in [2.24, 2.45) is 11.5 Å². The van der Waals surface area contributed by atoms with E-state index in [0.29, 0.717) is 13.3 Å². The van der Waals surface area contributed by atoms with Crippen LogP contribution in [0.5, 0.6) is 0 Å². The van der Waals surface area contributed by atoms with Gasteiger partial charge in [-0.15, -0.1) is 0 Å². The summed E-state index contributed by atoms with van der Waals surface area (Å²) in [7, 11) is 0. The van der Waals surface area contributed by atoms with Crippen molar-refractivity contribution in [1.29, 1.82) is 0 Å². The van der Waals surface area contributed by atoms with Crippen molar-refractivity contribution >= 4 is 35.6 Å². The molecule has 0 atom stereocenters. The molecule has 3 rings (SSSR count). The van der Waals surface area contributed by atoms with Crippen molar-refractivity contribution in [1.82, 2.24) is 20.4 Å². The molecule has 6 N–H and O–H groups in total. The van der Waals surface area contributed by atoms with Crippen LogP contribution < -0.4 is 22.1 Å². The second kappa shape index (κ2) is 14.3. The highest BCUT2D eigenvalue weighted by molar-refractivity contribution is 6.02. The molecule has 3 saturated heterocycles. The Morgan fingerprint density at radius 3 is 1.17 bits per heavy atom. The number of carbonyl (C=O) groups excluding carboxylic acids is 6. The second-order valence-electron chi connectivity index (χ2n) is 6.00. The summed E-state index contributed by atoms with van der Waals surface area (Å²) in [4.78, 5) is 67.3. The van der Waals surface area contributed by atoms with Gasteiger partial charge in [-0.3, -0.25) is 49.2 Å². The van der Waals surface area contributed by atoms with Crippen molar-refractivity contribution in [2.75, 3.05) is 26.7 Å². The molecule has 4 amide bonds. The van der Waals surface area contributed by atoms with E-state index in [9.17, 15) is 28.8 Å². The molecular formula is C17H30N6O7. The van der Waals surface area contributed by atoms with E-state index in [-0.39, 0.29) is 82.9 Å². The van der Waals surface area contributed by atoms with E-state index in [4.69, 9.17) is 11.5 Å². The molecular weight excluding hydrogens is 400 g/mol. The highest BCUT2D eigenvalue weighted by atomic mass is 16.6. The number of cyclic esters (lactones) is 2. The predicted octanol–water partition coefficient (Wildman–Crippen LogP) is -2.32. The molecule has 13 heteroatoms. The van der Waals surface area contributed by atoms with Crippen LogP contribution in [0, 0.1) is 0 Å². The second-order valence-corrected chi connectivity index (χ2v) is 6.00. The Hall–Kier alpha value is -2.74. The molecule has 0 saturated carbocycles. The number of nitrogens with zero attached hydrogens (tertiary/aromatic N) is 2. The lowest BCUT2D eigenvalue weighted by atomic mass is 10.4. The van der Waals surface area contributed by atoms with Gasteiger partial charge in [-0.25, -0.2) is 0 Å². The van der Waals surface area contributed by atoms with Crippen LogP contribution in [0.15, 0.2) is 0 Å². The smallest absolute Gasteiger partial charge is 0.314 e. The molecule has 13 nitrogen and oxygen atoms in total. The van der Waals surface area contributed by atoms with Crippen molar-refractivity contribution in [2.45, 2.75) is 46.0 Å². The average Bonchev–Trinajstić information content (AvgIpc) is 3.32. The summed E-state index contributed by atoms with van der Waals surface area (Å²) in [6, 6.07) is 0. The van der Waals surface area contributed by atoms with Crippen LogP contribution in [0.4, 0.5) is 0 Å². The number of amides is 4. The average molecular weight is 430 g/mol. The molecule has 3 aliphatic rings. The number of esters is 2. The zero-order valence-corrected chi connectivity index (χ0v) is 16.0. The van der Waals surface area contributed by atoms with E-state index >= 15 is 0 Å². The Morgan fingerprint density at radius 2 is 0.967 bits per heavy atom. The van der Waals surface area contributed by atoms with E-state index < -0.39 is 11.9 Å². The third-order valence-electron chi connectivity index (χ3n) is 3.90. The monoisotopic (exact) mass is 430 g/mol. The third kappa shape index (κ3) is 9.17. The molecule has 0 spiro atoms. The van der Waals surface area contributed by atoms with Gasteiger partial charge in [-0.05, 0) is 0 Å². The van der Waals surface area contributed by atoms with Gasteiger partial charge in [0.2, 0.25) is 23.6 Å². The third-order valence-corrected chi connectivity index (χ3v) is 3.90. The Labute approximate surface area is 174 Å². The lowest BCUT2D eigenvalue weighted by Crippen LogP contribution is -2.44. The Balaban J connectivity index is 0.000000536. The van der Waals surface area contributed by atoms with Crippen molar-refractivity contribution in [3.63, 3.8) is 0 Å². The molecule has 0 aromatic heterocycles. The summed E-state index contributed by atoms with van der Waals surface area (Å²) in [6.07, 6.45) is 1.48. The number of ether oxygens (including phenoxy) is 1. The van der Waals surface area contributed by atoms with Gasteiger partial charge in [0.1, 0.15) is 0 Å². The standard InChI is InChI=1S/C10H13N3O4.C4H4O3.C2H9N3.CH4/c14-7-1-2-8(15)12(7)5-11-6-13-9(16)3-4-10(13)17;5-3-1-2-4(6)7-3;3-1-5-2-4;/h11H,1-6H2;1-2H2;5H,1-4H2;1H4. The van der Waals surface area contributed by atoms with Gasteiger partial charge in [0.05, 0.1) is 26.2 Å². The number of likely N-dealkylation sites (tertiary alicyclic amines) is 2. The summed E-state index contributed by atoms with van der Waals surface area (Å²) in [6.45, 7) is 1.04. The van der Waals surface area contributed by atoms with Gasteiger partial charge in [-0.2, -0.15) is 0 Å². The number of hydrogen-bond acceptors (Lipinski definition) is 11. The van der Waals surface area contributed by atoms with Crippen LogP contribution in [-0.4, -0.2) is 72.0 Å². The molecule has 0 aromatic rings. The summed E-state index contributed by atoms with van der Waals surface area (Å²) < 4.78 is 4.08. The van der Waals surface area contributed by atoms with Crippen molar-refractivity contribution < 1.29 is 33.5 Å². The highest BCUT2D eigenvalue weighted by Crippen LogP contribution is 2.11. The van der Waals surface area contributed by atoms with Gasteiger partial charge in [0.25, 0.3) is 0 Å². The van der Waals surface area contributed by atoms with E-state index in [1.807, 2.05) is 0 Å². The Morgan fingerprint density at radius 1 is 0.633 bits per heavy atom. The maximum atomic E-state index is 11.3. The molecule has 30 heavy (non-hydrogen) atoms. The minimum atomic E-state index is -0.398. The van der Waals surface area contributed by atoms with Gasteiger partial charge >= 0.3 is 11.9 Å². The van der Waals surface area contributed by atoms with Crippen LogP contribution >= 0.6 is 0 Å². The summed E-state index contributed by atoms with van der Waals surface area (Å²) >= 11 is 0. The van der Waals surface area contributed by atoms with Crippen LogP contribution in [0.1, 0.15) is 46.0 Å². The topological polar surface area (TPSA) is 194 Å². The first kappa shape index (κ1) is 27.3. The van der Waals surface area contributed by atoms with E-state index in [2.05, 4.69) is 15.4 Å². The summed E-state index contributed by atoms with van der Waals surface area (Å²) in [5.41, 5.74) is 9.90. The fourth-order valence-electron chi connectivity index (χ4n) is 2.39. The largest absolute Gasteiger partial charge is 0.393 e. The minimum Gasteiger partial charge on any atom is -0.393 e. The maximum absolute atomic E-state index is 11.3.